The van der Waals surface area contributed by atoms with E-state index in [1.54, 1.807) is 13.2 Å². The minimum Gasteiger partial charge on any atom is -0.497 e. The summed E-state index contributed by atoms with van der Waals surface area (Å²) >= 11 is 0. The van der Waals surface area contributed by atoms with Gasteiger partial charge in [0.2, 0.25) is 5.91 Å². The molecule has 1 saturated carbocycles. The first kappa shape index (κ1) is 15.8. The molecule has 0 unspecified atom stereocenters. The Morgan fingerprint density at radius 3 is 3.04 bits per heavy atom. The number of piperazine rings is 1. The number of carbonyl (C=O) groups is 2. The van der Waals surface area contributed by atoms with Crippen molar-refractivity contribution in [1.29, 1.82) is 0 Å². The van der Waals surface area contributed by atoms with E-state index < -0.39 is 0 Å². The van der Waals surface area contributed by atoms with Gasteiger partial charge in [-0.2, -0.15) is 0 Å². The summed E-state index contributed by atoms with van der Waals surface area (Å²) in [6, 6.07) is 7.56. The Morgan fingerprint density at radius 1 is 1.39 bits per heavy atom. The second-order valence-electron chi connectivity index (χ2n) is 6.35. The molecule has 1 heterocycles. The van der Waals surface area contributed by atoms with Gasteiger partial charge in [0.1, 0.15) is 11.8 Å². The second-order valence-corrected chi connectivity index (χ2v) is 6.35. The number of carbonyl (C=O) groups excluding carboxylic acids is 2. The van der Waals surface area contributed by atoms with Crippen LogP contribution in [-0.2, 0) is 9.59 Å². The molecule has 1 aliphatic carbocycles. The number of nitrogens with two attached hydrogens (primary N) is 1. The van der Waals surface area contributed by atoms with E-state index in [1.165, 1.54) is 12.8 Å². The third-order valence-corrected chi connectivity index (χ3v) is 4.72. The fourth-order valence-corrected chi connectivity index (χ4v) is 3.52. The lowest BCUT2D eigenvalue weighted by Gasteiger charge is -2.37. The first-order chi connectivity index (χ1) is 11.2. The van der Waals surface area contributed by atoms with Crippen molar-refractivity contribution < 1.29 is 19.6 Å². The van der Waals surface area contributed by atoms with Gasteiger partial charge in [-0.15, -0.1) is 0 Å². The van der Waals surface area contributed by atoms with Crippen molar-refractivity contribution in [2.75, 3.05) is 12.4 Å². The van der Waals surface area contributed by atoms with E-state index >= 15 is 0 Å². The molecule has 2 amide bonds. The molecule has 0 spiro atoms. The van der Waals surface area contributed by atoms with E-state index in [4.69, 9.17) is 4.74 Å². The van der Waals surface area contributed by atoms with Crippen molar-refractivity contribution in [3.05, 3.63) is 24.3 Å². The van der Waals surface area contributed by atoms with Gasteiger partial charge in [0, 0.05) is 18.2 Å². The van der Waals surface area contributed by atoms with Gasteiger partial charge in [0.05, 0.1) is 19.6 Å². The molecule has 23 heavy (non-hydrogen) atoms. The highest BCUT2D eigenvalue weighted by Crippen LogP contribution is 2.19. The average molecular weight is 318 g/mol. The average Bonchev–Trinajstić information content (AvgIpc) is 2.55. The van der Waals surface area contributed by atoms with Crippen LogP contribution >= 0.6 is 0 Å². The highest BCUT2D eigenvalue weighted by molar-refractivity contribution is 5.95. The molecule has 4 N–H and O–H groups in total. The van der Waals surface area contributed by atoms with Crippen LogP contribution in [0.1, 0.15) is 32.1 Å². The van der Waals surface area contributed by atoms with Crippen LogP contribution in [0, 0.1) is 0 Å². The van der Waals surface area contributed by atoms with E-state index in [-0.39, 0.29) is 30.3 Å². The lowest BCUT2D eigenvalue weighted by molar-refractivity contribution is -0.718. The van der Waals surface area contributed by atoms with Crippen molar-refractivity contribution in [2.24, 2.45) is 0 Å². The van der Waals surface area contributed by atoms with Gasteiger partial charge in [-0.1, -0.05) is 12.5 Å². The summed E-state index contributed by atoms with van der Waals surface area (Å²) in [5.74, 6) is 0.521. The molecule has 6 nitrogen and oxygen atoms in total. The van der Waals surface area contributed by atoms with Crippen LogP contribution in [-0.4, -0.2) is 37.0 Å². The minimum absolute atomic E-state index is 0.0195. The van der Waals surface area contributed by atoms with Gasteiger partial charge in [-0.3, -0.25) is 9.59 Å². The van der Waals surface area contributed by atoms with Gasteiger partial charge in [-0.05, 0) is 25.0 Å². The number of hydrogen-bond donors (Lipinski definition) is 3. The van der Waals surface area contributed by atoms with E-state index in [9.17, 15) is 9.59 Å². The van der Waals surface area contributed by atoms with E-state index in [0.717, 1.165) is 12.8 Å². The predicted octanol–water partition coefficient (Wildman–Crippen LogP) is 0.397. The number of nitrogens with one attached hydrogen (secondary N) is 2. The number of anilines is 1. The van der Waals surface area contributed by atoms with Crippen LogP contribution in [0.5, 0.6) is 5.75 Å². The molecule has 3 rings (SSSR count). The molecule has 124 valence electrons. The van der Waals surface area contributed by atoms with Crippen molar-refractivity contribution in [3.63, 3.8) is 0 Å². The van der Waals surface area contributed by atoms with Gasteiger partial charge in [0.25, 0.3) is 5.91 Å². The van der Waals surface area contributed by atoms with Gasteiger partial charge in [0.15, 0.2) is 6.04 Å². The zero-order valence-electron chi connectivity index (χ0n) is 13.4. The summed E-state index contributed by atoms with van der Waals surface area (Å²) < 4.78 is 5.14. The molecule has 1 aromatic rings. The maximum atomic E-state index is 12.2. The quantitative estimate of drug-likeness (QED) is 0.751. The molecule has 6 heteroatoms. The highest BCUT2D eigenvalue weighted by Gasteiger charge is 2.40. The Bertz CT molecular complexity index is 590. The van der Waals surface area contributed by atoms with Crippen molar-refractivity contribution in [3.8, 4) is 5.75 Å². The summed E-state index contributed by atoms with van der Waals surface area (Å²) in [4.78, 5) is 24.4. The molecule has 0 bridgehead atoms. The number of ether oxygens (including phenoxy) is 1. The summed E-state index contributed by atoms with van der Waals surface area (Å²) in [5.41, 5.74) is 0.682. The molecular formula is C17H24N3O3+. The number of methoxy groups -OCH3 is 1. The number of benzene rings is 1. The molecule has 1 aliphatic heterocycles. The molecule has 0 aromatic heterocycles. The van der Waals surface area contributed by atoms with Crippen LogP contribution < -0.4 is 20.7 Å². The molecule has 1 saturated heterocycles. The largest absolute Gasteiger partial charge is 0.497 e. The topological polar surface area (TPSA) is 84.0 Å². The third kappa shape index (κ3) is 3.82. The van der Waals surface area contributed by atoms with Crippen molar-refractivity contribution in [1.82, 2.24) is 5.32 Å². The van der Waals surface area contributed by atoms with E-state index in [1.807, 2.05) is 18.2 Å². The molecule has 1 aromatic carbocycles. The SMILES string of the molecule is COc1cccc(NC(=O)C[C@H]2[NH2+][C@H]3CCCC[C@H]3NC2=O)c1. The van der Waals surface area contributed by atoms with Crippen LogP contribution in [0.2, 0.25) is 0 Å². The molecular weight excluding hydrogens is 294 g/mol. The smallest absolute Gasteiger partial charge is 0.279 e. The Hall–Kier alpha value is -2.08. The Kier molecular flexibility index (Phi) is 4.81. The number of quaternary nitrogens is 1. The summed E-state index contributed by atoms with van der Waals surface area (Å²) in [5, 5.41) is 8.01. The fraction of sp³-hybridized carbons (Fsp3) is 0.529. The Labute approximate surface area is 136 Å². The second kappa shape index (κ2) is 7.00. The number of rotatable bonds is 4. The standard InChI is InChI=1S/C17H23N3O3/c1-23-12-6-4-5-11(9-12)18-16(21)10-15-17(22)20-14-8-3-2-7-13(14)19-15/h4-6,9,13-15,19H,2-3,7-8,10H2,1H3,(H,18,21)(H,20,22)/p+1/t13-,14+,15+/m0/s1. The lowest BCUT2D eigenvalue weighted by atomic mass is 9.87. The van der Waals surface area contributed by atoms with Crippen LogP contribution in [0.25, 0.3) is 0 Å². The fourth-order valence-electron chi connectivity index (χ4n) is 3.52. The summed E-state index contributed by atoms with van der Waals surface area (Å²) in [6.07, 6.45) is 4.73. The minimum atomic E-state index is -0.333. The first-order valence-corrected chi connectivity index (χ1v) is 8.25. The number of amides is 2. The zero-order valence-corrected chi connectivity index (χ0v) is 13.4. The predicted molar refractivity (Wildman–Crippen MR) is 86.1 cm³/mol. The van der Waals surface area contributed by atoms with Crippen LogP contribution in [0.15, 0.2) is 24.3 Å². The van der Waals surface area contributed by atoms with Gasteiger partial charge < -0.3 is 20.7 Å². The molecule has 2 fully saturated rings. The number of hydrogen-bond acceptors (Lipinski definition) is 3. The molecule has 3 atom stereocenters. The summed E-state index contributed by atoms with van der Waals surface area (Å²) in [7, 11) is 1.59. The van der Waals surface area contributed by atoms with Gasteiger partial charge >= 0.3 is 0 Å². The Balaban J connectivity index is 1.57. The van der Waals surface area contributed by atoms with Gasteiger partial charge in [-0.25, -0.2) is 0 Å². The van der Waals surface area contributed by atoms with E-state index in [2.05, 4.69) is 16.0 Å². The molecule has 2 aliphatic rings. The van der Waals surface area contributed by atoms with Crippen LogP contribution in [0.4, 0.5) is 5.69 Å². The zero-order chi connectivity index (χ0) is 16.2. The lowest BCUT2D eigenvalue weighted by Crippen LogP contribution is -3.03. The first-order valence-electron chi connectivity index (χ1n) is 8.25. The monoisotopic (exact) mass is 318 g/mol. The van der Waals surface area contributed by atoms with E-state index in [0.29, 0.717) is 17.5 Å². The maximum absolute atomic E-state index is 12.2. The summed E-state index contributed by atoms with van der Waals surface area (Å²) in [6.45, 7) is 0. The number of fused-ring (bicyclic) bond motifs is 1. The highest BCUT2D eigenvalue weighted by atomic mass is 16.5. The molecule has 0 radical (unpaired) electrons. The van der Waals surface area contributed by atoms with Crippen molar-refractivity contribution in [2.45, 2.75) is 50.2 Å². The third-order valence-electron chi connectivity index (χ3n) is 4.72. The normalized spacial score (nSPS) is 26.8. The Morgan fingerprint density at radius 2 is 2.22 bits per heavy atom. The van der Waals surface area contributed by atoms with Crippen molar-refractivity contribution >= 4 is 17.5 Å². The maximum Gasteiger partial charge on any atom is 0.279 e. The van der Waals surface area contributed by atoms with Crippen LogP contribution in [0.3, 0.4) is 0 Å².